The number of para-hydroxylation sites is 2. The number of hydrogen-bond acceptors (Lipinski definition) is 1. The highest BCUT2D eigenvalue weighted by molar-refractivity contribution is 5.90. The number of fused-ring (bicyclic) bond motifs is 2. The van der Waals surface area contributed by atoms with Crippen LogP contribution in [0, 0.1) is 75.6 Å². The molecule has 0 amide bonds. The molecule has 14 heteroatoms. The molecule has 0 aromatic heterocycles. The topological polar surface area (TPSA) is 3.24 Å². The van der Waals surface area contributed by atoms with Crippen molar-refractivity contribution < 1.29 is 57.1 Å². The van der Waals surface area contributed by atoms with Gasteiger partial charge in [0.25, 0.3) is 0 Å². The molecule has 0 unspecified atom stereocenters. The summed E-state index contributed by atoms with van der Waals surface area (Å²) < 4.78 is 195. The zero-order valence-corrected chi connectivity index (χ0v) is 24.9. The van der Waals surface area contributed by atoms with Gasteiger partial charge in [-0.3, -0.25) is 0 Å². The van der Waals surface area contributed by atoms with Crippen molar-refractivity contribution in [2.24, 2.45) is 0 Å². The zero-order valence-electron chi connectivity index (χ0n) is 24.9. The van der Waals surface area contributed by atoms with E-state index in [-0.39, 0.29) is 33.6 Å². The van der Waals surface area contributed by atoms with Crippen molar-refractivity contribution in [3.63, 3.8) is 0 Å². The van der Waals surface area contributed by atoms with Crippen LogP contribution in [0.1, 0.15) is 22.3 Å². The van der Waals surface area contributed by atoms with Crippen LogP contribution in [0.5, 0.6) is 0 Å². The first-order valence-electron chi connectivity index (χ1n) is 14.5. The van der Waals surface area contributed by atoms with Gasteiger partial charge in [-0.2, -0.15) is 0 Å². The van der Waals surface area contributed by atoms with Crippen molar-refractivity contribution in [2.75, 3.05) is 4.90 Å². The van der Waals surface area contributed by atoms with E-state index < -0.39 is 97.9 Å². The van der Waals surface area contributed by atoms with Crippen molar-refractivity contribution in [1.29, 1.82) is 0 Å². The summed E-state index contributed by atoms with van der Waals surface area (Å²) in [6, 6.07) is 14.4. The molecule has 1 aliphatic rings. The maximum Gasteiger partial charge on any atom is 0.200 e. The zero-order chi connectivity index (χ0) is 36.7. The second-order valence-corrected chi connectivity index (χ2v) is 11.4. The first kappa shape index (κ1) is 33.7. The SMILES string of the molecule is Fc1cc(F)cc(C2(c3cc(F)cc(F)c3)c3ccccc3N(c3c(F)c(F)c(-c4c(F)c(F)c(F)c(F)c4F)c(F)c3F)c3ccccc32)c1. The van der Waals surface area contributed by atoms with E-state index in [4.69, 9.17) is 0 Å². The average molecular weight is 720 g/mol. The standard InChI is InChI=1S/C37H14F13N/c38-17-9-15(10-18(39)13-17)37(16-11-19(40)14-20(41)12-16)21-5-1-3-7-23(21)51(24-8-4-2-6-22(24)37)36-34(49)29(44)26(30(45)35(36)50)25-27(42)31(46)33(48)32(47)28(25)43/h1-14H. The summed E-state index contributed by atoms with van der Waals surface area (Å²) in [6.07, 6.45) is 0. The molecule has 0 bridgehead atoms. The molecule has 0 saturated carbocycles. The Labute approximate surface area is 278 Å². The molecule has 0 atom stereocenters. The third-order valence-electron chi connectivity index (χ3n) is 8.61. The van der Waals surface area contributed by atoms with Gasteiger partial charge in [0, 0.05) is 12.1 Å². The van der Waals surface area contributed by atoms with Gasteiger partial charge in [-0.05, 0) is 58.7 Å². The van der Waals surface area contributed by atoms with Crippen LogP contribution in [0.25, 0.3) is 11.1 Å². The number of anilines is 3. The molecule has 6 aromatic carbocycles. The number of rotatable bonds is 4. The van der Waals surface area contributed by atoms with Crippen LogP contribution < -0.4 is 4.90 Å². The van der Waals surface area contributed by atoms with E-state index in [9.17, 15) is 39.5 Å². The van der Waals surface area contributed by atoms with Crippen molar-refractivity contribution in [3.05, 3.63) is 183 Å². The highest BCUT2D eigenvalue weighted by atomic mass is 19.2. The summed E-state index contributed by atoms with van der Waals surface area (Å²) in [5.74, 6) is -27.9. The molecule has 258 valence electrons. The van der Waals surface area contributed by atoms with Gasteiger partial charge < -0.3 is 4.90 Å². The maximum absolute atomic E-state index is 16.2. The summed E-state index contributed by atoms with van der Waals surface area (Å²) in [5.41, 5.74) is -9.97. The Morgan fingerprint density at radius 3 is 1.04 bits per heavy atom. The van der Waals surface area contributed by atoms with Gasteiger partial charge in [-0.25, -0.2) is 57.1 Å². The fourth-order valence-electron chi connectivity index (χ4n) is 6.68. The smallest absolute Gasteiger partial charge is 0.200 e. The Morgan fingerprint density at radius 2 is 0.667 bits per heavy atom. The van der Waals surface area contributed by atoms with E-state index in [1.54, 1.807) is 0 Å². The highest BCUT2D eigenvalue weighted by Crippen LogP contribution is 2.59. The van der Waals surface area contributed by atoms with Gasteiger partial charge >= 0.3 is 0 Å². The van der Waals surface area contributed by atoms with E-state index in [0.717, 1.165) is 36.4 Å². The molecular formula is C37H14F13N. The lowest BCUT2D eigenvalue weighted by molar-refractivity contribution is 0.379. The van der Waals surface area contributed by atoms with Gasteiger partial charge in [-0.15, -0.1) is 0 Å². The Hall–Kier alpha value is -5.79. The second kappa shape index (κ2) is 11.9. The molecule has 1 nitrogen and oxygen atoms in total. The van der Waals surface area contributed by atoms with E-state index in [2.05, 4.69) is 0 Å². The summed E-state index contributed by atoms with van der Waals surface area (Å²) in [7, 11) is 0. The molecule has 6 aromatic rings. The minimum atomic E-state index is -2.73. The fourth-order valence-corrected chi connectivity index (χ4v) is 6.68. The Kier molecular flexibility index (Phi) is 7.88. The van der Waals surface area contributed by atoms with Crippen LogP contribution in [0.3, 0.4) is 0 Å². The van der Waals surface area contributed by atoms with Gasteiger partial charge in [0.1, 0.15) is 29.0 Å². The number of halogens is 13. The summed E-state index contributed by atoms with van der Waals surface area (Å²) in [5, 5.41) is 0. The lowest BCUT2D eigenvalue weighted by Crippen LogP contribution is -2.38. The predicted molar refractivity (Wildman–Crippen MR) is 158 cm³/mol. The van der Waals surface area contributed by atoms with Gasteiger partial charge in [-0.1, -0.05) is 36.4 Å². The van der Waals surface area contributed by atoms with E-state index in [1.807, 2.05) is 0 Å². The summed E-state index contributed by atoms with van der Waals surface area (Å²) >= 11 is 0. The molecule has 0 aliphatic carbocycles. The lowest BCUT2D eigenvalue weighted by Gasteiger charge is -2.46. The first-order valence-corrected chi connectivity index (χ1v) is 14.5. The lowest BCUT2D eigenvalue weighted by atomic mass is 9.62. The van der Waals surface area contributed by atoms with Crippen LogP contribution in [0.2, 0.25) is 0 Å². The molecule has 0 N–H and O–H groups in total. The Balaban J connectivity index is 1.60. The second-order valence-electron chi connectivity index (χ2n) is 11.4. The van der Waals surface area contributed by atoms with Crippen molar-refractivity contribution in [2.45, 2.75) is 5.41 Å². The third kappa shape index (κ3) is 4.79. The molecule has 1 aliphatic heterocycles. The monoisotopic (exact) mass is 719 g/mol. The molecule has 0 fully saturated rings. The predicted octanol–water partition coefficient (Wildman–Crippen LogP) is 11.3. The number of benzene rings is 6. The number of hydrogen-bond donors (Lipinski definition) is 0. The van der Waals surface area contributed by atoms with Crippen LogP contribution in [0.15, 0.2) is 84.9 Å². The molecule has 51 heavy (non-hydrogen) atoms. The minimum Gasteiger partial charge on any atom is -0.304 e. The van der Waals surface area contributed by atoms with Crippen LogP contribution >= 0.6 is 0 Å². The summed E-state index contributed by atoms with van der Waals surface area (Å²) in [6.45, 7) is 0. The Bertz CT molecular complexity index is 2240. The van der Waals surface area contributed by atoms with Crippen LogP contribution in [0.4, 0.5) is 74.1 Å². The first-order chi connectivity index (χ1) is 24.2. The van der Waals surface area contributed by atoms with E-state index >= 15 is 17.6 Å². The highest BCUT2D eigenvalue weighted by Gasteiger charge is 2.49. The molecule has 7 rings (SSSR count). The molecule has 1 heterocycles. The largest absolute Gasteiger partial charge is 0.304 e. The summed E-state index contributed by atoms with van der Waals surface area (Å²) in [4.78, 5) is 0.591. The maximum atomic E-state index is 16.2. The van der Waals surface area contributed by atoms with Gasteiger partial charge in [0.05, 0.1) is 27.9 Å². The molecule has 0 radical (unpaired) electrons. The van der Waals surface area contributed by atoms with E-state index in [1.165, 1.54) is 36.4 Å². The molecular weight excluding hydrogens is 705 g/mol. The average Bonchev–Trinajstić information content (AvgIpc) is 3.09. The third-order valence-corrected chi connectivity index (χ3v) is 8.61. The quantitative estimate of drug-likeness (QED) is 0.0995. The molecule has 0 spiro atoms. The molecule has 0 saturated heterocycles. The Morgan fingerprint density at radius 1 is 0.353 bits per heavy atom. The van der Waals surface area contributed by atoms with Crippen molar-refractivity contribution in [1.82, 2.24) is 0 Å². The van der Waals surface area contributed by atoms with Crippen LogP contribution in [-0.4, -0.2) is 0 Å². The minimum absolute atomic E-state index is 0.192. The van der Waals surface area contributed by atoms with E-state index in [0.29, 0.717) is 17.0 Å². The van der Waals surface area contributed by atoms with Gasteiger partial charge in [0.2, 0.25) is 5.82 Å². The van der Waals surface area contributed by atoms with Gasteiger partial charge in [0.15, 0.2) is 46.5 Å². The fraction of sp³-hybridized carbons (Fsp3) is 0.0270. The van der Waals surface area contributed by atoms with Crippen LogP contribution in [-0.2, 0) is 5.41 Å². The van der Waals surface area contributed by atoms with Crippen molar-refractivity contribution in [3.8, 4) is 11.1 Å². The van der Waals surface area contributed by atoms with Crippen molar-refractivity contribution >= 4 is 17.1 Å². The normalized spacial score (nSPS) is 13.3. The number of nitrogens with zero attached hydrogens (tertiary/aromatic N) is 1.